The number of benzene rings is 6. The minimum atomic E-state index is -1.49. The van der Waals surface area contributed by atoms with Crippen molar-refractivity contribution in [1.82, 2.24) is 0 Å². The molecule has 0 saturated carbocycles. The summed E-state index contributed by atoms with van der Waals surface area (Å²) in [6, 6.07) is 41.7. The van der Waals surface area contributed by atoms with Gasteiger partial charge in [-0.25, -0.2) is 0 Å². The third-order valence-electron chi connectivity index (χ3n) is 9.77. The fourth-order valence-electron chi connectivity index (χ4n) is 7.49. The Morgan fingerprint density at radius 1 is 0.298 bits per heavy atom. The SMILES string of the molecule is C[Si](C)(C)c1cccc2c1sc1c(-c3cccc4c3sc3c(-c5cccc6c5sc5c([Si](C)(C)C)cccc56)cccc34)cccc12. The van der Waals surface area contributed by atoms with E-state index < -0.39 is 16.1 Å². The normalized spacial score (nSPS) is 12.9. The van der Waals surface area contributed by atoms with E-state index in [0.29, 0.717) is 0 Å². The van der Waals surface area contributed by atoms with E-state index in [-0.39, 0.29) is 0 Å². The molecule has 0 amide bonds. The fraction of sp³-hybridized carbons (Fsp3) is 0.143. The number of hydrogen-bond acceptors (Lipinski definition) is 3. The van der Waals surface area contributed by atoms with Crippen LogP contribution in [0.25, 0.3) is 82.8 Å². The van der Waals surface area contributed by atoms with Gasteiger partial charge in [0.1, 0.15) is 0 Å². The van der Waals surface area contributed by atoms with Crippen molar-refractivity contribution in [3.8, 4) is 22.3 Å². The Kier molecular flexibility index (Phi) is 6.57. The Bertz CT molecular complexity index is 2520. The molecule has 0 aliphatic heterocycles. The van der Waals surface area contributed by atoms with Crippen LogP contribution < -0.4 is 10.4 Å². The zero-order valence-electron chi connectivity index (χ0n) is 27.6. The van der Waals surface area contributed by atoms with E-state index in [4.69, 9.17) is 0 Å². The second-order valence-corrected chi connectivity index (χ2v) is 28.0. The second-order valence-electron chi connectivity index (χ2n) is 14.9. The van der Waals surface area contributed by atoms with Gasteiger partial charge < -0.3 is 0 Å². The summed E-state index contributed by atoms with van der Waals surface area (Å²) in [5.41, 5.74) is 5.41. The Labute approximate surface area is 290 Å². The maximum Gasteiger partial charge on any atom is 0.0794 e. The van der Waals surface area contributed by atoms with Crippen LogP contribution in [0.2, 0.25) is 39.3 Å². The fourth-order valence-corrected chi connectivity index (χ4v) is 16.3. The molecule has 3 heterocycles. The quantitative estimate of drug-likeness (QED) is 0.161. The molecule has 0 radical (unpaired) electrons. The van der Waals surface area contributed by atoms with E-state index in [2.05, 4.69) is 148 Å². The highest BCUT2D eigenvalue weighted by atomic mass is 32.1. The Hall–Kier alpha value is -3.59. The first-order valence-electron chi connectivity index (χ1n) is 16.4. The first-order chi connectivity index (χ1) is 22.6. The molecule has 3 aromatic heterocycles. The highest BCUT2D eigenvalue weighted by Crippen LogP contribution is 2.48. The van der Waals surface area contributed by atoms with Gasteiger partial charge in [-0.15, -0.1) is 34.0 Å². The number of rotatable bonds is 4. The van der Waals surface area contributed by atoms with Crippen LogP contribution in [0, 0.1) is 0 Å². The highest BCUT2D eigenvalue weighted by Gasteiger charge is 2.24. The van der Waals surface area contributed by atoms with Gasteiger partial charge in [0.15, 0.2) is 0 Å². The summed E-state index contributed by atoms with van der Waals surface area (Å²) in [7, 11) is -2.98. The van der Waals surface area contributed by atoms with Crippen LogP contribution >= 0.6 is 34.0 Å². The molecule has 0 bridgehead atoms. The third-order valence-corrected chi connectivity index (χ3v) is 18.1. The minimum absolute atomic E-state index is 1.35. The molecule has 0 N–H and O–H groups in total. The molecular weight excluding hydrogens is 657 g/mol. The lowest BCUT2D eigenvalue weighted by atomic mass is 9.98. The molecule has 0 atom stereocenters. The first-order valence-corrected chi connectivity index (χ1v) is 25.9. The molecule has 0 unspecified atom stereocenters. The van der Waals surface area contributed by atoms with E-state index >= 15 is 0 Å². The van der Waals surface area contributed by atoms with Crippen molar-refractivity contribution in [2.24, 2.45) is 0 Å². The summed E-state index contributed by atoms with van der Waals surface area (Å²) >= 11 is 5.98. The summed E-state index contributed by atoms with van der Waals surface area (Å²) in [6.07, 6.45) is 0. The molecule has 0 spiro atoms. The van der Waals surface area contributed by atoms with Gasteiger partial charge in [-0.2, -0.15) is 0 Å². The van der Waals surface area contributed by atoms with Crippen molar-refractivity contribution in [3.63, 3.8) is 0 Å². The number of thiophene rings is 3. The maximum absolute atomic E-state index is 2.47. The molecular formula is C42H36S3Si2. The van der Waals surface area contributed by atoms with Crippen LogP contribution in [0.1, 0.15) is 0 Å². The van der Waals surface area contributed by atoms with Crippen molar-refractivity contribution < 1.29 is 0 Å². The monoisotopic (exact) mass is 692 g/mol. The zero-order chi connectivity index (χ0) is 32.2. The van der Waals surface area contributed by atoms with Crippen molar-refractivity contribution in [1.29, 1.82) is 0 Å². The molecule has 0 aliphatic rings. The lowest BCUT2D eigenvalue weighted by Crippen LogP contribution is -2.37. The van der Waals surface area contributed by atoms with Crippen molar-refractivity contribution >= 4 is 121 Å². The molecule has 0 nitrogen and oxygen atoms in total. The lowest BCUT2D eigenvalue weighted by molar-refractivity contribution is 1.74. The van der Waals surface area contributed by atoms with Gasteiger partial charge in [0.2, 0.25) is 0 Å². The predicted molar refractivity (Wildman–Crippen MR) is 222 cm³/mol. The molecule has 9 aromatic rings. The molecule has 230 valence electrons. The first kappa shape index (κ1) is 29.5. The van der Waals surface area contributed by atoms with E-state index in [1.54, 1.807) is 10.4 Å². The standard InChI is InChI=1S/C42H36S3Si2/c1-46(2,3)35-23-11-21-33-31-19-9-17-29(39(31)44-41(33)35)27-15-7-13-25-26-14-8-16-28(38(26)43-37(25)27)30-18-10-20-32-34-22-12-24-36(47(4,5)6)42(34)45-40(30)32/h7-24H,1-6H3. The summed E-state index contributed by atoms with van der Waals surface area (Å²) < 4.78 is 8.55. The van der Waals surface area contributed by atoms with E-state index in [9.17, 15) is 0 Å². The summed E-state index contributed by atoms with van der Waals surface area (Å²) in [5.74, 6) is 0. The van der Waals surface area contributed by atoms with Crippen LogP contribution in [0.4, 0.5) is 0 Å². The molecule has 0 saturated heterocycles. The largest absolute Gasteiger partial charge is 0.135 e. The number of fused-ring (bicyclic) bond motifs is 9. The Morgan fingerprint density at radius 3 is 0.809 bits per heavy atom. The van der Waals surface area contributed by atoms with Gasteiger partial charge in [-0.05, 0) is 10.4 Å². The molecule has 6 aromatic carbocycles. The van der Waals surface area contributed by atoms with Crippen molar-refractivity contribution in [2.75, 3.05) is 0 Å². The molecule has 47 heavy (non-hydrogen) atoms. The van der Waals surface area contributed by atoms with Crippen LogP contribution in [-0.4, -0.2) is 16.1 Å². The van der Waals surface area contributed by atoms with Crippen LogP contribution in [-0.2, 0) is 0 Å². The van der Waals surface area contributed by atoms with Gasteiger partial charge in [0, 0.05) is 82.8 Å². The summed E-state index contributed by atoms with van der Waals surface area (Å²) in [6.45, 7) is 14.8. The highest BCUT2D eigenvalue weighted by molar-refractivity contribution is 7.29. The maximum atomic E-state index is 2.47. The molecule has 0 aliphatic carbocycles. The summed E-state index contributed by atoms with van der Waals surface area (Å²) in [5, 5.41) is 11.4. The predicted octanol–water partition coefficient (Wildman–Crippen LogP) is 13.2. The zero-order valence-corrected chi connectivity index (χ0v) is 32.1. The van der Waals surface area contributed by atoms with Gasteiger partial charge in [-0.3, -0.25) is 0 Å². The average Bonchev–Trinajstić information content (AvgIpc) is 3.74. The lowest BCUT2D eigenvalue weighted by Gasteiger charge is -2.17. The second kappa shape index (κ2) is 10.5. The molecule has 5 heteroatoms. The van der Waals surface area contributed by atoms with Crippen LogP contribution in [0.5, 0.6) is 0 Å². The van der Waals surface area contributed by atoms with Crippen LogP contribution in [0.3, 0.4) is 0 Å². The molecule has 0 fully saturated rings. The minimum Gasteiger partial charge on any atom is -0.135 e. The van der Waals surface area contributed by atoms with E-state index in [1.165, 1.54) is 82.8 Å². The number of hydrogen-bond donors (Lipinski definition) is 0. The van der Waals surface area contributed by atoms with E-state index in [0.717, 1.165) is 0 Å². The van der Waals surface area contributed by atoms with Gasteiger partial charge >= 0.3 is 0 Å². The van der Waals surface area contributed by atoms with Crippen LogP contribution in [0.15, 0.2) is 109 Å². The van der Waals surface area contributed by atoms with Gasteiger partial charge in [0.05, 0.1) is 16.1 Å². The smallest absolute Gasteiger partial charge is 0.0794 e. The Balaban J connectivity index is 1.30. The average molecular weight is 693 g/mol. The van der Waals surface area contributed by atoms with E-state index in [1.807, 2.05) is 34.0 Å². The van der Waals surface area contributed by atoms with Crippen molar-refractivity contribution in [3.05, 3.63) is 109 Å². The van der Waals surface area contributed by atoms with Crippen molar-refractivity contribution in [2.45, 2.75) is 39.3 Å². The van der Waals surface area contributed by atoms with Gasteiger partial charge in [0.25, 0.3) is 0 Å². The Morgan fingerprint density at radius 2 is 0.532 bits per heavy atom. The summed E-state index contributed by atoms with van der Waals surface area (Å²) in [4.78, 5) is 0. The third kappa shape index (κ3) is 4.48. The molecule has 9 rings (SSSR count). The topological polar surface area (TPSA) is 0 Å². The van der Waals surface area contributed by atoms with Gasteiger partial charge in [-0.1, -0.05) is 148 Å².